The number of likely N-dealkylation sites (tertiary alicyclic amines) is 1. The van der Waals surface area contributed by atoms with Gasteiger partial charge in [0.2, 0.25) is 5.91 Å². The minimum absolute atomic E-state index is 0.374. The standard InChI is InChI=1S/C13H23NO2/c1-11-3-2-6-14(10-11)13(15)9-12-4-7-16-8-5-12/h11-12H,2-10H2,1H3. The Kier molecular flexibility index (Phi) is 4.22. The van der Waals surface area contributed by atoms with Crippen molar-refractivity contribution in [1.82, 2.24) is 4.90 Å². The third-order valence-electron chi connectivity index (χ3n) is 3.81. The second-order valence-corrected chi connectivity index (χ2v) is 5.35. The number of piperidine rings is 1. The van der Waals surface area contributed by atoms with Crippen molar-refractivity contribution in [3.8, 4) is 0 Å². The topological polar surface area (TPSA) is 29.5 Å². The maximum Gasteiger partial charge on any atom is 0.222 e. The van der Waals surface area contributed by atoms with Crippen molar-refractivity contribution in [3.05, 3.63) is 0 Å². The van der Waals surface area contributed by atoms with Crippen LogP contribution in [0, 0.1) is 11.8 Å². The minimum atomic E-state index is 0.374. The molecule has 0 radical (unpaired) electrons. The Morgan fingerprint density at radius 3 is 2.75 bits per heavy atom. The predicted molar refractivity (Wildman–Crippen MR) is 63.1 cm³/mol. The molecule has 0 saturated carbocycles. The van der Waals surface area contributed by atoms with Crippen LogP contribution >= 0.6 is 0 Å². The summed E-state index contributed by atoms with van der Waals surface area (Å²) in [7, 11) is 0. The van der Waals surface area contributed by atoms with Crippen molar-refractivity contribution < 1.29 is 9.53 Å². The SMILES string of the molecule is CC1CCCN(C(=O)CC2CCOCC2)C1. The lowest BCUT2D eigenvalue weighted by Gasteiger charge is -2.32. The Morgan fingerprint density at radius 2 is 2.06 bits per heavy atom. The van der Waals surface area contributed by atoms with E-state index in [-0.39, 0.29) is 0 Å². The molecule has 2 heterocycles. The molecule has 3 heteroatoms. The summed E-state index contributed by atoms with van der Waals surface area (Å²) in [6.07, 6.45) is 5.34. The van der Waals surface area contributed by atoms with Gasteiger partial charge in [0.05, 0.1) is 0 Å². The fourth-order valence-electron chi connectivity index (χ4n) is 2.74. The van der Waals surface area contributed by atoms with Gasteiger partial charge in [0.15, 0.2) is 0 Å². The fraction of sp³-hybridized carbons (Fsp3) is 0.923. The van der Waals surface area contributed by atoms with Crippen LogP contribution in [0.1, 0.15) is 39.0 Å². The van der Waals surface area contributed by atoms with Gasteiger partial charge >= 0.3 is 0 Å². The van der Waals surface area contributed by atoms with Crippen LogP contribution in [0.4, 0.5) is 0 Å². The first kappa shape index (κ1) is 11.9. The van der Waals surface area contributed by atoms with Crippen molar-refractivity contribution in [2.75, 3.05) is 26.3 Å². The lowest BCUT2D eigenvalue weighted by molar-refractivity contribution is -0.134. The molecule has 2 fully saturated rings. The number of ether oxygens (including phenoxy) is 1. The second kappa shape index (κ2) is 5.67. The van der Waals surface area contributed by atoms with Crippen LogP contribution in [0.25, 0.3) is 0 Å². The van der Waals surface area contributed by atoms with E-state index in [0.29, 0.717) is 17.7 Å². The van der Waals surface area contributed by atoms with E-state index < -0.39 is 0 Å². The van der Waals surface area contributed by atoms with Crippen LogP contribution in [-0.2, 0) is 9.53 Å². The van der Waals surface area contributed by atoms with Crippen molar-refractivity contribution in [2.24, 2.45) is 11.8 Å². The van der Waals surface area contributed by atoms with Gasteiger partial charge in [-0.2, -0.15) is 0 Å². The zero-order chi connectivity index (χ0) is 11.4. The Balaban J connectivity index is 1.77. The Labute approximate surface area is 98.1 Å². The molecule has 3 nitrogen and oxygen atoms in total. The van der Waals surface area contributed by atoms with E-state index in [1.165, 1.54) is 12.8 Å². The minimum Gasteiger partial charge on any atom is -0.381 e. The maximum atomic E-state index is 12.1. The number of nitrogens with zero attached hydrogens (tertiary/aromatic N) is 1. The summed E-state index contributed by atoms with van der Waals surface area (Å²) in [5, 5.41) is 0. The number of hydrogen-bond acceptors (Lipinski definition) is 2. The first-order valence-corrected chi connectivity index (χ1v) is 6.61. The van der Waals surface area contributed by atoms with Crippen LogP contribution in [0.3, 0.4) is 0 Å². The van der Waals surface area contributed by atoms with Gasteiger partial charge in [-0.05, 0) is 37.5 Å². The van der Waals surface area contributed by atoms with E-state index in [4.69, 9.17) is 4.74 Å². The van der Waals surface area contributed by atoms with Gasteiger partial charge in [-0.3, -0.25) is 4.79 Å². The number of hydrogen-bond donors (Lipinski definition) is 0. The average Bonchev–Trinajstić information content (AvgIpc) is 2.30. The molecule has 0 spiro atoms. The summed E-state index contributed by atoms with van der Waals surface area (Å²) in [6.45, 7) is 5.88. The lowest BCUT2D eigenvalue weighted by Crippen LogP contribution is -2.40. The molecule has 1 amide bonds. The highest BCUT2D eigenvalue weighted by atomic mass is 16.5. The highest BCUT2D eigenvalue weighted by Crippen LogP contribution is 2.22. The zero-order valence-corrected chi connectivity index (χ0v) is 10.3. The third kappa shape index (κ3) is 3.21. The molecule has 0 bridgehead atoms. The van der Waals surface area contributed by atoms with Gasteiger partial charge in [-0.1, -0.05) is 6.92 Å². The molecule has 2 saturated heterocycles. The molecule has 92 valence electrons. The maximum absolute atomic E-state index is 12.1. The molecular formula is C13H23NO2. The van der Waals surface area contributed by atoms with Crippen molar-refractivity contribution >= 4 is 5.91 Å². The largest absolute Gasteiger partial charge is 0.381 e. The molecule has 0 aliphatic carbocycles. The molecule has 1 atom stereocenters. The van der Waals surface area contributed by atoms with E-state index in [2.05, 4.69) is 11.8 Å². The van der Waals surface area contributed by atoms with Gasteiger partial charge < -0.3 is 9.64 Å². The first-order valence-electron chi connectivity index (χ1n) is 6.61. The van der Waals surface area contributed by atoms with Crippen molar-refractivity contribution in [3.63, 3.8) is 0 Å². The lowest BCUT2D eigenvalue weighted by atomic mass is 9.94. The van der Waals surface area contributed by atoms with E-state index in [9.17, 15) is 4.79 Å². The van der Waals surface area contributed by atoms with Gasteiger partial charge in [-0.15, -0.1) is 0 Å². The van der Waals surface area contributed by atoms with E-state index >= 15 is 0 Å². The Morgan fingerprint density at radius 1 is 1.31 bits per heavy atom. The average molecular weight is 225 g/mol. The van der Waals surface area contributed by atoms with Crippen LogP contribution in [-0.4, -0.2) is 37.1 Å². The first-order chi connectivity index (χ1) is 7.75. The van der Waals surface area contributed by atoms with Gasteiger partial charge in [0.25, 0.3) is 0 Å². The van der Waals surface area contributed by atoms with Crippen LogP contribution in [0.15, 0.2) is 0 Å². The zero-order valence-electron chi connectivity index (χ0n) is 10.3. The number of rotatable bonds is 2. The Bertz CT molecular complexity index is 236. The van der Waals surface area contributed by atoms with Crippen LogP contribution < -0.4 is 0 Å². The fourth-order valence-corrected chi connectivity index (χ4v) is 2.74. The molecule has 2 aliphatic heterocycles. The summed E-state index contributed by atoms with van der Waals surface area (Å²) in [4.78, 5) is 14.2. The Hall–Kier alpha value is -0.570. The van der Waals surface area contributed by atoms with Gasteiger partial charge in [0.1, 0.15) is 0 Å². The predicted octanol–water partition coefficient (Wildman–Crippen LogP) is 2.06. The molecule has 1 unspecified atom stereocenters. The molecule has 2 aliphatic rings. The molecule has 2 rings (SSSR count). The highest BCUT2D eigenvalue weighted by Gasteiger charge is 2.24. The van der Waals surface area contributed by atoms with E-state index in [1.54, 1.807) is 0 Å². The normalized spacial score (nSPS) is 28.1. The number of carbonyl (C=O) groups excluding carboxylic acids is 1. The molecule has 16 heavy (non-hydrogen) atoms. The van der Waals surface area contributed by atoms with Crippen LogP contribution in [0.2, 0.25) is 0 Å². The molecular weight excluding hydrogens is 202 g/mol. The molecule has 0 aromatic rings. The molecule has 0 aromatic heterocycles. The summed E-state index contributed by atoms with van der Waals surface area (Å²) in [6, 6.07) is 0. The number of carbonyl (C=O) groups is 1. The smallest absolute Gasteiger partial charge is 0.222 e. The van der Waals surface area contributed by atoms with Crippen molar-refractivity contribution in [2.45, 2.75) is 39.0 Å². The summed E-state index contributed by atoms with van der Waals surface area (Å²) >= 11 is 0. The van der Waals surface area contributed by atoms with Gasteiger partial charge in [0, 0.05) is 32.7 Å². The summed E-state index contributed by atoms with van der Waals surface area (Å²) < 4.78 is 5.32. The van der Waals surface area contributed by atoms with E-state index in [1.807, 2.05) is 0 Å². The highest BCUT2D eigenvalue weighted by molar-refractivity contribution is 5.76. The van der Waals surface area contributed by atoms with Crippen molar-refractivity contribution in [1.29, 1.82) is 0 Å². The second-order valence-electron chi connectivity index (χ2n) is 5.35. The monoisotopic (exact) mass is 225 g/mol. The molecule has 0 aromatic carbocycles. The quantitative estimate of drug-likeness (QED) is 0.720. The van der Waals surface area contributed by atoms with Crippen LogP contribution in [0.5, 0.6) is 0 Å². The third-order valence-corrected chi connectivity index (χ3v) is 3.81. The number of amides is 1. The van der Waals surface area contributed by atoms with E-state index in [0.717, 1.165) is 45.6 Å². The van der Waals surface area contributed by atoms with Gasteiger partial charge in [-0.25, -0.2) is 0 Å². The summed E-state index contributed by atoms with van der Waals surface area (Å²) in [5.74, 6) is 1.63. The molecule has 0 N–H and O–H groups in total. The summed E-state index contributed by atoms with van der Waals surface area (Å²) in [5.41, 5.74) is 0.